The number of aliphatic hydroxyl groups is 2. The molecule has 82 heavy (non-hydrogen) atoms. The summed E-state index contributed by atoms with van der Waals surface area (Å²) < 4.78 is 5.50. The lowest BCUT2D eigenvalue weighted by atomic mass is 10.0. The van der Waals surface area contributed by atoms with Gasteiger partial charge in [-0.1, -0.05) is 345 Å². The van der Waals surface area contributed by atoms with E-state index in [4.69, 9.17) is 4.74 Å². The van der Waals surface area contributed by atoms with Crippen LogP contribution in [0, 0.1) is 0 Å². The van der Waals surface area contributed by atoms with Crippen LogP contribution in [0.3, 0.4) is 0 Å². The number of ether oxygens (including phenoxy) is 1. The standard InChI is InChI=1S/C76H143NO5/c1-3-5-7-9-11-13-15-17-19-21-38-42-46-50-54-58-62-66-70-76(81)82-71-67-63-59-55-51-47-43-39-35-33-31-29-27-25-23-22-24-26-28-30-32-34-37-41-45-49-53-57-61-65-69-75(80)77-73(72-78)74(79)68-64-60-56-52-48-44-40-36-20-18-16-14-12-10-8-6-4-2/h13,15,19,21,23,25,64,68,73-74,78-79H,3-12,14,16-18,20,22,24,26-63,65-67,69-72H2,1-2H3,(H,77,80)/b15-13-,21-19-,25-23-,68-64+. The second-order valence-electron chi connectivity index (χ2n) is 25.3. The first kappa shape index (κ1) is 79.8. The smallest absolute Gasteiger partial charge is 0.305 e. The summed E-state index contributed by atoms with van der Waals surface area (Å²) in [5.74, 6) is -0.0542. The van der Waals surface area contributed by atoms with Gasteiger partial charge >= 0.3 is 5.97 Å². The van der Waals surface area contributed by atoms with Gasteiger partial charge in [-0.3, -0.25) is 9.59 Å². The minimum absolute atomic E-state index is 0.00971. The van der Waals surface area contributed by atoms with Crippen molar-refractivity contribution in [3.8, 4) is 0 Å². The zero-order valence-electron chi connectivity index (χ0n) is 55.2. The van der Waals surface area contributed by atoms with Crippen molar-refractivity contribution in [3.63, 3.8) is 0 Å². The molecule has 0 aliphatic carbocycles. The van der Waals surface area contributed by atoms with Crippen LogP contribution in [-0.2, 0) is 14.3 Å². The van der Waals surface area contributed by atoms with Gasteiger partial charge in [0.1, 0.15) is 0 Å². The molecule has 0 heterocycles. The number of unbranched alkanes of at least 4 members (excludes halogenated alkanes) is 52. The lowest BCUT2D eigenvalue weighted by molar-refractivity contribution is -0.143. The Bertz CT molecular complexity index is 1370. The number of carbonyl (C=O) groups excluding carboxylic acids is 2. The van der Waals surface area contributed by atoms with Gasteiger partial charge in [0.25, 0.3) is 0 Å². The van der Waals surface area contributed by atoms with Crippen LogP contribution in [0.1, 0.15) is 399 Å². The van der Waals surface area contributed by atoms with E-state index in [9.17, 15) is 19.8 Å². The van der Waals surface area contributed by atoms with Gasteiger partial charge in [0.15, 0.2) is 0 Å². The van der Waals surface area contributed by atoms with Crippen LogP contribution in [0.25, 0.3) is 0 Å². The number of esters is 1. The predicted molar refractivity (Wildman–Crippen MR) is 361 cm³/mol. The molecule has 482 valence electrons. The summed E-state index contributed by atoms with van der Waals surface area (Å²) in [5.41, 5.74) is 0. The van der Waals surface area contributed by atoms with E-state index >= 15 is 0 Å². The molecule has 0 aromatic rings. The average Bonchev–Trinajstić information content (AvgIpc) is 3.48. The summed E-state index contributed by atoms with van der Waals surface area (Å²) in [6, 6.07) is -0.628. The van der Waals surface area contributed by atoms with Crippen molar-refractivity contribution < 1.29 is 24.5 Å². The van der Waals surface area contributed by atoms with Crippen LogP contribution in [0.2, 0.25) is 0 Å². The molecule has 2 unspecified atom stereocenters. The van der Waals surface area contributed by atoms with Crippen LogP contribution < -0.4 is 5.32 Å². The largest absolute Gasteiger partial charge is 0.466 e. The molecule has 0 saturated heterocycles. The number of hydrogen-bond donors (Lipinski definition) is 3. The van der Waals surface area contributed by atoms with Gasteiger partial charge in [-0.2, -0.15) is 0 Å². The Labute approximate surface area is 512 Å². The minimum atomic E-state index is -0.844. The number of amides is 1. The Hall–Kier alpha value is -2.18. The van der Waals surface area contributed by atoms with Gasteiger partial charge in [0.05, 0.1) is 25.4 Å². The maximum absolute atomic E-state index is 12.5. The maximum Gasteiger partial charge on any atom is 0.305 e. The summed E-state index contributed by atoms with van der Waals surface area (Å²) in [6.45, 7) is 4.92. The number of carbonyl (C=O) groups is 2. The fraction of sp³-hybridized carbons (Fsp3) is 0.868. The molecule has 6 heteroatoms. The van der Waals surface area contributed by atoms with E-state index < -0.39 is 12.1 Å². The van der Waals surface area contributed by atoms with E-state index in [1.807, 2.05) is 6.08 Å². The molecule has 6 nitrogen and oxygen atoms in total. The summed E-state index contributed by atoms with van der Waals surface area (Å²) in [4.78, 5) is 24.6. The molecule has 2 atom stereocenters. The summed E-state index contributed by atoms with van der Waals surface area (Å²) >= 11 is 0. The minimum Gasteiger partial charge on any atom is -0.466 e. The third kappa shape index (κ3) is 67.0. The van der Waals surface area contributed by atoms with E-state index in [0.717, 1.165) is 51.4 Å². The molecule has 3 N–H and O–H groups in total. The van der Waals surface area contributed by atoms with Crippen LogP contribution in [-0.4, -0.2) is 47.4 Å². The van der Waals surface area contributed by atoms with Crippen molar-refractivity contribution >= 4 is 11.9 Å². The molecule has 0 saturated carbocycles. The zero-order valence-corrected chi connectivity index (χ0v) is 55.2. The van der Waals surface area contributed by atoms with Crippen molar-refractivity contribution in [2.45, 2.75) is 411 Å². The highest BCUT2D eigenvalue weighted by Crippen LogP contribution is 2.18. The van der Waals surface area contributed by atoms with Gasteiger partial charge < -0.3 is 20.3 Å². The first-order valence-electron chi connectivity index (χ1n) is 36.9. The van der Waals surface area contributed by atoms with Gasteiger partial charge in [-0.15, -0.1) is 0 Å². The van der Waals surface area contributed by atoms with Gasteiger partial charge in [0, 0.05) is 12.8 Å². The fourth-order valence-corrected chi connectivity index (χ4v) is 11.4. The van der Waals surface area contributed by atoms with Crippen molar-refractivity contribution in [2.24, 2.45) is 0 Å². The number of rotatable bonds is 69. The van der Waals surface area contributed by atoms with Gasteiger partial charge in [0.2, 0.25) is 5.91 Å². The fourth-order valence-electron chi connectivity index (χ4n) is 11.4. The second kappa shape index (κ2) is 71.3. The molecule has 0 aromatic carbocycles. The van der Waals surface area contributed by atoms with Crippen LogP contribution >= 0.6 is 0 Å². The lowest BCUT2D eigenvalue weighted by Gasteiger charge is -2.20. The number of nitrogens with one attached hydrogen (secondary N) is 1. The van der Waals surface area contributed by atoms with E-state index in [1.54, 1.807) is 6.08 Å². The monoisotopic (exact) mass is 1150 g/mol. The molecule has 0 spiro atoms. The molecule has 0 rings (SSSR count). The van der Waals surface area contributed by atoms with Crippen LogP contribution in [0.15, 0.2) is 48.6 Å². The highest BCUT2D eigenvalue weighted by molar-refractivity contribution is 5.76. The van der Waals surface area contributed by atoms with Gasteiger partial charge in [-0.05, 0) is 89.9 Å². The first-order chi connectivity index (χ1) is 40.5. The van der Waals surface area contributed by atoms with Crippen molar-refractivity contribution in [1.29, 1.82) is 0 Å². The SMILES string of the molecule is CCCCCC/C=C\C/C=C\CCCCCCCCCC(=O)OCCCCCCCCCCCCCC/C=C\CCCCCCCCCCCCCCCCC(=O)NC(CO)C(O)/C=C/CCCCCCCCCCCCCCCCC. The summed E-state index contributed by atoms with van der Waals surface area (Å²) in [7, 11) is 0. The quantitative estimate of drug-likeness (QED) is 0.0320. The number of aliphatic hydroxyl groups excluding tert-OH is 2. The molecule has 0 aliphatic rings. The number of hydrogen-bond acceptors (Lipinski definition) is 5. The topological polar surface area (TPSA) is 95.9 Å². The molecule has 0 aromatic heterocycles. The Morgan fingerprint density at radius 1 is 0.341 bits per heavy atom. The maximum atomic E-state index is 12.5. The Morgan fingerprint density at radius 2 is 0.610 bits per heavy atom. The molecule has 0 aliphatic heterocycles. The van der Waals surface area contributed by atoms with Crippen LogP contribution in [0.4, 0.5) is 0 Å². The molecule has 0 fully saturated rings. The molecule has 0 radical (unpaired) electrons. The predicted octanol–water partition coefficient (Wildman–Crippen LogP) is 24.0. The van der Waals surface area contributed by atoms with E-state index in [1.165, 1.54) is 321 Å². The summed E-state index contributed by atoms with van der Waals surface area (Å²) in [5, 5.41) is 23.2. The molecule has 0 bridgehead atoms. The molecular weight excluding hydrogens is 1010 g/mol. The van der Waals surface area contributed by atoms with E-state index in [0.29, 0.717) is 19.4 Å². The highest BCUT2D eigenvalue weighted by Gasteiger charge is 2.18. The zero-order chi connectivity index (χ0) is 59.2. The normalized spacial score (nSPS) is 12.8. The van der Waals surface area contributed by atoms with Crippen molar-refractivity contribution in [3.05, 3.63) is 48.6 Å². The molecule has 1 amide bonds. The second-order valence-corrected chi connectivity index (χ2v) is 25.3. The Balaban J connectivity index is 3.38. The summed E-state index contributed by atoms with van der Waals surface area (Å²) in [6.07, 6.45) is 93.4. The Morgan fingerprint density at radius 3 is 0.951 bits per heavy atom. The lowest BCUT2D eigenvalue weighted by Crippen LogP contribution is -2.45. The third-order valence-electron chi connectivity index (χ3n) is 17.1. The van der Waals surface area contributed by atoms with Crippen LogP contribution in [0.5, 0.6) is 0 Å². The van der Waals surface area contributed by atoms with E-state index in [-0.39, 0.29) is 18.5 Å². The average molecular weight is 1150 g/mol. The van der Waals surface area contributed by atoms with Gasteiger partial charge in [-0.25, -0.2) is 0 Å². The Kier molecular flexibility index (Phi) is 69.4. The molecular formula is C76H143NO5. The highest BCUT2D eigenvalue weighted by atomic mass is 16.5. The third-order valence-corrected chi connectivity index (χ3v) is 17.1. The number of allylic oxidation sites excluding steroid dienone is 7. The van der Waals surface area contributed by atoms with E-state index in [2.05, 4.69) is 55.6 Å². The first-order valence-corrected chi connectivity index (χ1v) is 36.9. The van der Waals surface area contributed by atoms with Crippen molar-refractivity contribution in [2.75, 3.05) is 13.2 Å². The van der Waals surface area contributed by atoms with Crippen molar-refractivity contribution in [1.82, 2.24) is 5.32 Å².